The minimum Gasteiger partial charge on any atom is -0.356 e. The van der Waals surface area contributed by atoms with Crippen LogP contribution in [0.5, 0.6) is 0 Å². The summed E-state index contributed by atoms with van der Waals surface area (Å²) in [7, 11) is 0. The molecule has 1 aromatic rings. The monoisotopic (exact) mass is 236 g/mol. The van der Waals surface area contributed by atoms with Crippen molar-refractivity contribution in [2.45, 2.75) is 40.2 Å². The fourth-order valence-corrected chi connectivity index (χ4v) is 1.70. The van der Waals surface area contributed by atoms with Crippen LogP contribution in [-0.4, -0.2) is 29.6 Å². The summed E-state index contributed by atoms with van der Waals surface area (Å²) in [6.07, 6.45) is 6.03. The normalized spacial score (nSPS) is 10.5. The quantitative estimate of drug-likeness (QED) is 0.703. The van der Waals surface area contributed by atoms with Crippen LogP contribution in [0, 0.1) is 0 Å². The highest BCUT2D eigenvalue weighted by molar-refractivity contribution is 5.35. The summed E-state index contributed by atoms with van der Waals surface area (Å²) in [5.41, 5.74) is 1.01. The van der Waals surface area contributed by atoms with Crippen LogP contribution in [0.2, 0.25) is 0 Å². The lowest BCUT2D eigenvalue weighted by Crippen LogP contribution is -2.25. The average Bonchev–Trinajstić information content (AvgIpc) is 2.37. The first kappa shape index (κ1) is 13.9. The third-order valence-corrected chi connectivity index (χ3v) is 2.62. The van der Waals surface area contributed by atoms with E-state index < -0.39 is 0 Å². The van der Waals surface area contributed by atoms with Crippen LogP contribution < -0.4 is 10.2 Å². The molecule has 0 saturated heterocycles. The van der Waals surface area contributed by atoms with Gasteiger partial charge < -0.3 is 10.2 Å². The van der Waals surface area contributed by atoms with Gasteiger partial charge in [-0.15, -0.1) is 0 Å². The lowest BCUT2D eigenvalue weighted by atomic mass is 10.4. The Morgan fingerprint density at radius 3 is 2.47 bits per heavy atom. The second kappa shape index (κ2) is 8.01. The highest BCUT2D eigenvalue weighted by Gasteiger charge is 2.04. The van der Waals surface area contributed by atoms with Crippen LogP contribution in [0.3, 0.4) is 0 Å². The minimum atomic E-state index is 0.807. The number of hydrogen-bond donors (Lipinski definition) is 1. The smallest absolute Gasteiger partial charge is 0.147 e. The van der Waals surface area contributed by atoms with Crippen LogP contribution in [0.4, 0.5) is 5.82 Å². The van der Waals surface area contributed by atoms with E-state index in [0.717, 1.165) is 50.5 Å². The Morgan fingerprint density at radius 1 is 1.12 bits per heavy atom. The molecular weight excluding hydrogens is 212 g/mol. The predicted molar refractivity (Wildman–Crippen MR) is 72.2 cm³/mol. The van der Waals surface area contributed by atoms with Crippen molar-refractivity contribution in [3.63, 3.8) is 0 Å². The van der Waals surface area contributed by atoms with Crippen molar-refractivity contribution in [2.75, 3.05) is 24.5 Å². The van der Waals surface area contributed by atoms with Crippen molar-refractivity contribution in [1.29, 1.82) is 0 Å². The molecule has 0 aliphatic carbocycles. The SMILES string of the molecule is CCCNCc1cnc(N(CC)CCC)cn1. The van der Waals surface area contributed by atoms with Crippen molar-refractivity contribution in [3.05, 3.63) is 18.1 Å². The fourth-order valence-electron chi connectivity index (χ4n) is 1.70. The van der Waals surface area contributed by atoms with Crippen LogP contribution >= 0.6 is 0 Å². The predicted octanol–water partition coefficient (Wildman–Crippen LogP) is 2.21. The molecule has 1 rings (SSSR count). The lowest BCUT2D eigenvalue weighted by Gasteiger charge is -2.20. The topological polar surface area (TPSA) is 41.1 Å². The summed E-state index contributed by atoms with van der Waals surface area (Å²) in [4.78, 5) is 11.2. The molecule has 4 nitrogen and oxygen atoms in total. The first-order valence-corrected chi connectivity index (χ1v) is 6.58. The Balaban J connectivity index is 2.53. The average molecular weight is 236 g/mol. The van der Waals surface area contributed by atoms with E-state index in [9.17, 15) is 0 Å². The van der Waals surface area contributed by atoms with E-state index in [1.165, 1.54) is 0 Å². The van der Waals surface area contributed by atoms with E-state index >= 15 is 0 Å². The zero-order chi connectivity index (χ0) is 12.5. The maximum atomic E-state index is 4.47. The summed E-state index contributed by atoms with van der Waals surface area (Å²) in [5, 5.41) is 3.32. The highest BCUT2D eigenvalue weighted by atomic mass is 15.2. The maximum Gasteiger partial charge on any atom is 0.147 e. The van der Waals surface area contributed by atoms with Crippen LogP contribution in [-0.2, 0) is 6.54 Å². The van der Waals surface area contributed by atoms with Crippen molar-refractivity contribution < 1.29 is 0 Å². The van der Waals surface area contributed by atoms with Crippen molar-refractivity contribution in [3.8, 4) is 0 Å². The molecule has 0 aromatic carbocycles. The summed E-state index contributed by atoms with van der Waals surface area (Å²) in [6, 6.07) is 0. The molecule has 1 heterocycles. The molecule has 0 bridgehead atoms. The van der Waals surface area contributed by atoms with Gasteiger partial charge in [0, 0.05) is 19.6 Å². The number of anilines is 1. The molecule has 0 aliphatic heterocycles. The molecule has 1 aromatic heterocycles. The van der Waals surface area contributed by atoms with Crippen molar-refractivity contribution >= 4 is 5.82 Å². The Hall–Kier alpha value is -1.16. The van der Waals surface area contributed by atoms with Gasteiger partial charge >= 0.3 is 0 Å². The second-order valence-electron chi connectivity index (χ2n) is 4.12. The Bertz CT molecular complexity index is 297. The molecule has 0 unspecified atom stereocenters. The zero-order valence-electron chi connectivity index (χ0n) is 11.2. The molecule has 17 heavy (non-hydrogen) atoms. The standard InChI is InChI=1S/C13H24N4/c1-4-7-14-9-12-10-16-13(11-15-12)17(6-3)8-5-2/h10-11,14H,4-9H2,1-3H3. The molecule has 0 radical (unpaired) electrons. The zero-order valence-corrected chi connectivity index (χ0v) is 11.2. The molecule has 96 valence electrons. The first-order chi connectivity index (χ1) is 8.31. The van der Waals surface area contributed by atoms with Crippen molar-refractivity contribution in [2.24, 2.45) is 0 Å². The van der Waals surface area contributed by atoms with Gasteiger partial charge in [-0.3, -0.25) is 4.98 Å². The van der Waals surface area contributed by atoms with Crippen molar-refractivity contribution in [1.82, 2.24) is 15.3 Å². The van der Waals surface area contributed by atoms with Crippen LogP contribution in [0.25, 0.3) is 0 Å². The van der Waals surface area contributed by atoms with E-state index in [-0.39, 0.29) is 0 Å². The number of rotatable bonds is 8. The summed E-state index contributed by atoms with van der Waals surface area (Å²) >= 11 is 0. The van der Waals surface area contributed by atoms with Gasteiger partial charge in [0.2, 0.25) is 0 Å². The Morgan fingerprint density at radius 2 is 1.94 bits per heavy atom. The van der Waals surface area contributed by atoms with Gasteiger partial charge in [-0.1, -0.05) is 13.8 Å². The molecule has 0 amide bonds. The molecule has 0 spiro atoms. The molecule has 1 N–H and O–H groups in total. The third-order valence-electron chi connectivity index (χ3n) is 2.62. The summed E-state index contributed by atoms with van der Waals surface area (Å²) in [6.45, 7) is 10.3. The summed E-state index contributed by atoms with van der Waals surface area (Å²) < 4.78 is 0. The third kappa shape index (κ3) is 4.69. The maximum absolute atomic E-state index is 4.47. The fraction of sp³-hybridized carbons (Fsp3) is 0.692. The molecule has 0 saturated carbocycles. The van der Waals surface area contributed by atoms with Gasteiger partial charge in [0.15, 0.2) is 0 Å². The van der Waals surface area contributed by atoms with Gasteiger partial charge in [-0.2, -0.15) is 0 Å². The van der Waals surface area contributed by atoms with Gasteiger partial charge in [0.1, 0.15) is 5.82 Å². The number of aromatic nitrogens is 2. The molecular formula is C13H24N4. The lowest BCUT2D eigenvalue weighted by molar-refractivity contribution is 0.661. The molecule has 0 fully saturated rings. The molecule has 4 heteroatoms. The van der Waals surface area contributed by atoms with E-state index in [4.69, 9.17) is 0 Å². The van der Waals surface area contributed by atoms with Gasteiger partial charge in [-0.05, 0) is 26.3 Å². The first-order valence-electron chi connectivity index (χ1n) is 6.58. The van der Waals surface area contributed by atoms with E-state index in [1.54, 1.807) is 0 Å². The Labute approximate surface area is 104 Å². The summed E-state index contributed by atoms with van der Waals surface area (Å²) in [5.74, 6) is 0.980. The largest absolute Gasteiger partial charge is 0.356 e. The van der Waals surface area contributed by atoms with E-state index in [2.05, 4.69) is 41.0 Å². The number of nitrogens with zero attached hydrogens (tertiary/aromatic N) is 3. The van der Waals surface area contributed by atoms with Crippen LogP contribution in [0.15, 0.2) is 12.4 Å². The Kier molecular flexibility index (Phi) is 6.55. The van der Waals surface area contributed by atoms with E-state index in [0.29, 0.717) is 0 Å². The number of hydrogen-bond acceptors (Lipinski definition) is 4. The van der Waals surface area contributed by atoms with Gasteiger partial charge in [0.05, 0.1) is 18.1 Å². The highest BCUT2D eigenvalue weighted by Crippen LogP contribution is 2.09. The van der Waals surface area contributed by atoms with Crippen LogP contribution in [0.1, 0.15) is 39.3 Å². The van der Waals surface area contributed by atoms with E-state index in [1.807, 2.05) is 12.4 Å². The minimum absolute atomic E-state index is 0.807. The number of nitrogens with one attached hydrogen (secondary N) is 1. The van der Waals surface area contributed by atoms with Gasteiger partial charge in [0.25, 0.3) is 0 Å². The second-order valence-corrected chi connectivity index (χ2v) is 4.12. The van der Waals surface area contributed by atoms with Gasteiger partial charge in [-0.25, -0.2) is 4.98 Å². The molecule has 0 atom stereocenters. The molecule has 0 aliphatic rings.